The Kier molecular flexibility index (Phi) is 4.65. The SMILES string of the molecule is Fc1ccc(-n2cc(-c3ccccc3)c3c(NCc4cccnc4)ncnc32)cc1. The number of rotatable bonds is 5. The maximum atomic E-state index is 13.5. The first kappa shape index (κ1) is 18.0. The highest BCUT2D eigenvalue weighted by Crippen LogP contribution is 2.35. The minimum atomic E-state index is -0.271. The van der Waals surface area contributed by atoms with Gasteiger partial charge in [0.1, 0.15) is 18.0 Å². The predicted molar refractivity (Wildman–Crippen MR) is 116 cm³/mol. The van der Waals surface area contributed by atoms with E-state index in [0.717, 1.165) is 39.2 Å². The molecule has 0 aliphatic heterocycles. The number of fused-ring (bicyclic) bond motifs is 1. The lowest BCUT2D eigenvalue weighted by molar-refractivity contribution is 0.627. The lowest BCUT2D eigenvalue weighted by atomic mass is 10.1. The van der Waals surface area contributed by atoms with Gasteiger partial charge in [-0.1, -0.05) is 36.4 Å². The molecule has 30 heavy (non-hydrogen) atoms. The molecule has 1 N–H and O–H groups in total. The molecule has 146 valence electrons. The Labute approximate surface area is 172 Å². The average molecular weight is 395 g/mol. The molecule has 6 heteroatoms. The second-order valence-corrected chi connectivity index (χ2v) is 6.89. The van der Waals surface area contributed by atoms with E-state index >= 15 is 0 Å². The molecule has 0 aliphatic carbocycles. The molecular formula is C24H18FN5. The van der Waals surface area contributed by atoms with Crippen LogP contribution >= 0.6 is 0 Å². The van der Waals surface area contributed by atoms with Crippen molar-refractivity contribution >= 4 is 16.9 Å². The Morgan fingerprint density at radius 1 is 0.900 bits per heavy atom. The second-order valence-electron chi connectivity index (χ2n) is 6.89. The molecule has 5 nitrogen and oxygen atoms in total. The largest absolute Gasteiger partial charge is 0.365 e. The first-order chi connectivity index (χ1) is 14.8. The van der Waals surface area contributed by atoms with E-state index in [0.29, 0.717) is 6.54 Å². The zero-order valence-corrected chi connectivity index (χ0v) is 16.0. The molecular weight excluding hydrogens is 377 g/mol. The third-order valence-electron chi connectivity index (χ3n) is 4.96. The predicted octanol–water partition coefficient (Wildman–Crippen LogP) is 5.23. The lowest BCUT2D eigenvalue weighted by Gasteiger charge is -2.09. The first-order valence-corrected chi connectivity index (χ1v) is 9.60. The normalized spacial score (nSPS) is 11.0. The summed E-state index contributed by atoms with van der Waals surface area (Å²) in [7, 11) is 0. The van der Waals surface area contributed by atoms with Gasteiger partial charge in [0.05, 0.1) is 5.39 Å². The van der Waals surface area contributed by atoms with Crippen molar-refractivity contribution in [2.24, 2.45) is 0 Å². The standard InChI is InChI=1S/C24H18FN5/c25-19-8-10-20(11-9-19)30-15-21(18-6-2-1-3-7-18)22-23(28-16-29-24(22)30)27-14-17-5-4-12-26-13-17/h1-13,15-16H,14H2,(H,27,28,29). The number of nitrogens with one attached hydrogen (secondary N) is 1. The minimum absolute atomic E-state index is 0.271. The Morgan fingerprint density at radius 2 is 1.73 bits per heavy atom. The van der Waals surface area contributed by atoms with Crippen LogP contribution in [0.2, 0.25) is 0 Å². The van der Waals surface area contributed by atoms with E-state index in [4.69, 9.17) is 0 Å². The fraction of sp³-hybridized carbons (Fsp3) is 0.0417. The third-order valence-corrected chi connectivity index (χ3v) is 4.96. The van der Waals surface area contributed by atoms with E-state index < -0.39 is 0 Å². The zero-order chi connectivity index (χ0) is 20.3. The number of anilines is 1. The summed E-state index contributed by atoms with van der Waals surface area (Å²) in [4.78, 5) is 13.2. The van der Waals surface area contributed by atoms with Crippen molar-refractivity contribution in [1.82, 2.24) is 19.5 Å². The zero-order valence-electron chi connectivity index (χ0n) is 16.0. The molecule has 2 aromatic carbocycles. The van der Waals surface area contributed by atoms with Gasteiger partial charge in [-0.15, -0.1) is 0 Å². The Balaban J connectivity index is 1.67. The van der Waals surface area contributed by atoms with Crippen molar-refractivity contribution in [3.8, 4) is 16.8 Å². The number of hydrogen-bond acceptors (Lipinski definition) is 4. The number of benzene rings is 2. The number of halogens is 1. The molecule has 5 rings (SSSR count). The summed E-state index contributed by atoms with van der Waals surface area (Å²) in [5, 5.41) is 4.34. The van der Waals surface area contributed by atoms with E-state index in [1.165, 1.54) is 12.1 Å². The Morgan fingerprint density at radius 3 is 2.50 bits per heavy atom. The lowest BCUT2D eigenvalue weighted by Crippen LogP contribution is -2.03. The molecule has 0 atom stereocenters. The molecule has 0 spiro atoms. The van der Waals surface area contributed by atoms with E-state index in [-0.39, 0.29) is 5.82 Å². The molecule has 0 amide bonds. The summed E-state index contributed by atoms with van der Waals surface area (Å²) < 4.78 is 15.4. The summed E-state index contributed by atoms with van der Waals surface area (Å²) in [5.74, 6) is 0.468. The summed E-state index contributed by atoms with van der Waals surface area (Å²) in [6.07, 6.45) is 7.15. The summed E-state index contributed by atoms with van der Waals surface area (Å²) in [5.41, 5.74) is 4.71. The van der Waals surface area contributed by atoms with Crippen molar-refractivity contribution in [3.63, 3.8) is 0 Å². The fourth-order valence-electron chi connectivity index (χ4n) is 3.52. The van der Waals surface area contributed by atoms with E-state index in [2.05, 4.69) is 32.4 Å². The molecule has 5 aromatic rings. The number of pyridine rings is 1. The van der Waals surface area contributed by atoms with Crippen LogP contribution in [0.15, 0.2) is 91.6 Å². The van der Waals surface area contributed by atoms with E-state index in [1.54, 1.807) is 24.7 Å². The smallest absolute Gasteiger partial charge is 0.150 e. The van der Waals surface area contributed by atoms with Crippen LogP contribution < -0.4 is 5.32 Å². The molecule has 3 heterocycles. The van der Waals surface area contributed by atoms with Gasteiger partial charge < -0.3 is 9.88 Å². The van der Waals surface area contributed by atoms with Gasteiger partial charge in [0.2, 0.25) is 0 Å². The van der Waals surface area contributed by atoms with Crippen molar-refractivity contribution in [2.45, 2.75) is 6.54 Å². The Bertz CT molecular complexity index is 1280. The average Bonchev–Trinajstić information content (AvgIpc) is 3.20. The molecule has 0 radical (unpaired) electrons. The monoisotopic (exact) mass is 395 g/mol. The second kappa shape index (κ2) is 7.75. The van der Waals surface area contributed by atoms with Crippen LogP contribution in [0, 0.1) is 5.82 Å². The maximum Gasteiger partial charge on any atom is 0.150 e. The van der Waals surface area contributed by atoms with Gasteiger partial charge in [-0.2, -0.15) is 0 Å². The fourth-order valence-corrected chi connectivity index (χ4v) is 3.52. The summed E-state index contributed by atoms with van der Waals surface area (Å²) >= 11 is 0. The highest BCUT2D eigenvalue weighted by molar-refractivity contribution is 6.02. The van der Waals surface area contributed by atoms with Gasteiger partial charge in [0.25, 0.3) is 0 Å². The van der Waals surface area contributed by atoms with Gasteiger partial charge in [0.15, 0.2) is 5.65 Å². The van der Waals surface area contributed by atoms with E-state index in [9.17, 15) is 4.39 Å². The number of aromatic nitrogens is 4. The molecule has 0 saturated carbocycles. The molecule has 0 bridgehead atoms. The van der Waals surface area contributed by atoms with Crippen LogP contribution in [0.3, 0.4) is 0 Å². The van der Waals surface area contributed by atoms with Crippen molar-refractivity contribution in [1.29, 1.82) is 0 Å². The van der Waals surface area contributed by atoms with Crippen LogP contribution in [0.1, 0.15) is 5.56 Å². The first-order valence-electron chi connectivity index (χ1n) is 9.60. The maximum absolute atomic E-state index is 13.5. The van der Waals surface area contributed by atoms with Crippen LogP contribution in [0.4, 0.5) is 10.2 Å². The highest BCUT2D eigenvalue weighted by Gasteiger charge is 2.17. The van der Waals surface area contributed by atoms with Gasteiger partial charge >= 0.3 is 0 Å². The van der Waals surface area contributed by atoms with Crippen LogP contribution in [0.25, 0.3) is 27.8 Å². The molecule has 0 saturated heterocycles. The molecule has 0 fully saturated rings. The quantitative estimate of drug-likeness (QED) is 0.443. The molecule has 0 unspecified atom stereocenters. The van der Waals surface area contributed by atoms with Crippen LogP contribution in [-0.4, -0.2) is 19.5 Å². The van der Waals surface area contributed by atoms with Gasteiger partial charge in [-0.05, 0) is 41.5 Å². The van der Waals surface area contributed by atoms with Crippen LogP contribution in [0.5, 0.6) is 0 Å². The summed E-state index contributed by atoms with van der Waals surface area (Å²) in [6, 6.07) is 20.4. The topological polar surface area (TPSA) is 55.6 Å². The summed E-state index contributed by atoms with van der Waals surface area (Å²) in [6.45, 7) is 0.593. The number of hydrogen-bond donors (Lipinski definition) is 1. The van der Waals surface area contributed by atoms with E-state index in [1.807, 2.05) is 47.3 Å². The van der Waals surface area contributed by atoms with Gasteiger partial charge in [-0.25, -0.2) is 14.4 Å². The van der Waals surface area contributed by atoms with Crippen molar-refractivity contribution in [2.75, 3.05) is 5.32 Å². The van der Waals surface area contributed by atoms with Crippen molar-refractivity contribution < 1.29 is 4.39 Å². The van der Waals surface area contributed by atoms with Crippen molar-refractivity contribution in [3.05, 3.63) is 103 Å². The minimum Gasteiger partial charge on any atom is -0.365 e. The Hall–Kier alpha value is -4.06. The third kappa shape index (κ3) is 3.39. The van der Waals surface area contributed by atoms with Gasteiger partial charge in [-0.3, -0.25) is 4.98 Å². The number of nitrogens with zero attached hydrogens (tertiary/aromatic N) is 4. The van der Waals surface area contributed by atoms with Crippen LogP contribution in [-0.2, 0) is 6.54 Å². The molecule has 0 aliphatic rings. The van der Waals surface area contributed by atoms with Gasteiger partial charge in [0, 0.05) is 36.4 Å². The molecule has 3 aromatic heterocycles. The highest BCUT2D eigenvalue weighted by atomic mass is 19.1.